The van der Waals surface area contributed by atoms with E-state index in [1.54, 1.807) is 0 Å². The Balaban J connectivity index is 1.85. The summed E-state index contributed by atoms with van der Waals surface area (Å²) in [7, 11) is 0. The van der Waals surface area contributed by atoms with E-state index in [4.69, 9.17) is 0 Å². The first kappa shape index (κ1) is 18.5. The van der Waals surface area contributed by atoms with Crippen LogP contribution in [0.3, 0.4) is 0 Å². The van der Waals surface area contributed by atoms with E-state index in [1.165, 1.54) is 18.3 Å². The average Bonchev–Trinajstić information content (AvgIpc) is 2.65. The number of anilines is 1. The van der Waals surface area contributed by atoms with Crippen LogP contribution in [0.2, 0.25) is 0 Å². The Bertz CT molecular complexity index is 1030. The van der Waals surface area contributed by atoms with E-state index in [1.807, 2.05) is 43.3 Å². The van der Waals surface area contributed by atoms with Crippen molar-refractivity contribution in [1.29, 1.82) is 0 Å². The number of nitro benzene ring substituents is 1. The van der Waals surface area contributed by atoms with Gasteiger partial charge in [-0.3, -0.25) is 10.1 Å². The van der Waals surface area contributed by atoms with Crippen molar-refractivity contribution in [1.82, 2.24) is 9.97 Å². The quantitative estimate of drug-likeness (QED) is 0.356. The minimum atomic E-state index is -0.551. The lowest BCUT2D eigenvalue weighted by atomic mass is 10.1. The van der Waals surface area contributed by atoms with Gasteiger partial charge in [0.2, 0.25) is 5.95 Å². The van der Waals surface area contributed by atoms with Crippen LogP contribution in [-0.4, -0.2) is 26.2 Å². The maximum atomic E-state index is 10.9. The van der Waals surface area contributed by atoms with Crippen LogP contribution in [0.4, 0.5) is 11.6 Å². The number of nitrogens with one attached hydrogen (secondary N) is 1. The summed E-state index contributed by atoms with van der Waals surface area (Å²) in [5, 5.41) is 24.9. The molecule has 9 heteroatoms. The molecule has 3 rings (SSSR count). The molecule has 0 aliphatic heterocycles. The van der Waals surface area contributed by atoms with Gasteiger partial charge in [0.25, 0.3) is 5.69 Å². The number of non-ortho nitro benzene ring substituents is 1. The van der Waals surface area contributed by atoms with Crippen molar-refractivity contribution in [3.63, 3.8) is 0 Å². The summed E-state index contributed by atoms with van der Waals surface area (Å²) in [6.45, 7) is 1.84. The highest BCUT2D eigenvalue weighted by atomic mass is 79.9. The Labute approximate surface area is 162 Å². The third-order valence-electron chi connectivity index (χ3n) is 3.58. The van der Waals surface area contributed by atoms with E-state index < -0.39 is 4.92 Å². The molecular formula is C18H14BrN5O3. The predicted octanol–water partition coefficient (Wildman–Crippen LogP) is 4.27. The van der Waals surface area contributed by atoms with E-state index in [9.17, 15) is 15.2 Å². The smallest absolute Gasteiger partial charge is 0.271 e. The maximum absolute atomic E-state index is 10.9. The largest absolute Gasteiger partial charge is 0.506 e. The van der Waals surface area contributed by atoms with Crippen LogP contribution in [0, 0.1) is 17.0 Å². The number of aromatic hydroxyl groups is 1. The molecule has 1 aromatic heterocycles. The molecule has 0 fully saturated rings. The molecule has 0 saturated carbocycles. The van der Waals surface area contributed by atoms with Crippen molar-refractivity contribution in [2.75, 3.05) is 5.43 Å². The minimum Gasteiger partial charge on any atom is -0.506 e. The van der Waals surface area contributed by atoms with Gasteiger partial charge >= 0.3 is 0 Å². The summed E-state index contributed by atoms with van der Waals surface area (Å²) in [5.41, 5.74) is 5.13. The maximum Gasteiger partial charge on any atom is 0.271 e. The first-order chi connectivity index (χ1) is 12.9. The summed E-state index contributed by atoms with van der Waals surface area (Å²) < 4.78 is 0.205. The third-order valence-corrected chi connectivity index (χ3v) is 4.18. The highest BCUT2D eigenvalue weighted by Crippen LogP contribution is 2.31. The highest BCUT2D eigenvalue weighted by Gasteiger charge is 2.13. The van der Waals surface area contributed by atoms with E-state index in [0.717, 1.165) is 17.0 Å². The molecule has 27 heavy (non-hydrogen) atoms. The molecule has 0 saturated heterocycles. The number of benzene rings is 2. The fraction of sp³-hybridized carbons (Fsp3) is 0.0556. The van der Waals surface area contributed by atoms with Gasteiger partial charge < -0.3 is 5.11 Å². The van der Waals surface area contributed by atoms with Crippen molar-refractivity contribution in [3.8, 4) is 17.0 Å². The van der Waals surface area contributed by atoms with E-state index in [2.05, 4.69) is 36.4 Å². The van der Waals surface area contributed by atoms with Gasteiger partial charge in [0, 0.05) is 29.0 Å². The van der Waals surface area contributed by atoms with Gasteiger partial charge in [-0.2, -0.15) is 5.10 Å². The fourth-order valence-corrected chi connectivity index (χ4v) is 2.81. The molecule has 0 spiro atoms. The van der Waals surface area contributed by atoms with Crippen molar-refractivity contribution < 1.29 is 10.0 Å². The van der Waals surface area contributed by atoms with Gasteiger partial charge in [-0.15, -0.1) is 0 Å². The number of nitrogens with zero attached hydrogens (tertiary/aromatic N) is 4. The standard InChI is InChI=1S/C18H14BrN5O3/c1-11-7-16(12-5-3-2-4-6-12)22-18(21-11)23-20-10-13-8-14(24(26)27)9-15(19)17(13)25/h2-10,25H,1H3,(H,21,22,23). The fourth-order valence-electron chi connectivity index (χ4n) is 2.34. The second-order valence-electron chi connectivity index (χ2n) is 5.58. The molecule has 0 unspecified atom stereocenters. The first-order valence-electron chi connectivity index (χ1n) is 7.81. The van der Waals surface area contributed by atoms with Gasteiger partial charge in [-0.25, -0.2) is 15.4 Å². The molecule has 0 radical (unpaired) electrons. The molecule has 136 valence electrons. The zero-order valence-corrected chi connectivity index (χ0v) is 15.7. The van der Waals surface area contributed by atoms with Crippen LogP contribution in [0.15, 0.2) is 58.1 Å². The number of aryl methyl sites for hydroxylation is 1. The van der Waals surface area contributed by atoms with Crippen LogP contribution in [0.25, 0.3) is 11.3 Å². The van der Waals surface area contributed by atoms with E-state index in [-0.39, 0.29) is 27.4 Å². The monoisotopic (exact) mass is 427 g/mol. The zero-order chi connectivity index (χ0) is 19.4. The molecule has 2 N–H and O–H groups in total. The third kappa shape index (κ3) is 4.45. The molecule has 0 bridgehead atoms. The van der Waals surface area contributed by atoms with Crippen LogP contribution < -0.4 is 5.43 Å². The Kier molecular flexibility index (Phi) is 5.41. The average molecular weight is 428 g/mol. The number of phenolic OH excluding ortho intramolecular Hbond substituents is 1. The number of hydrazone groups is 1. The topological polar surface area (TPSA) is 114 Å². The summed E-state index contributed by atoms with van der Waals surface area (Å²) in [6.07, 6.45) is 1.26. The number of aromatic nitrogens is 2. The van der Waals surface area contributed by atoms with Crippen molar-refractivity contribution in [2.45, 2.75) is 6.92 Å². The second kappa shape index (κ2) is 7.92. The zero-order valence-electron chi connectivity index (χ0n) is 14.1. The van der Waals surface area contributed by atoms with Gasteiger partial charge in [-0.1, -0.05) is 30.3 Å². The Morgan fingerprint density at radius 3 is 2.67 bits per heavy atom. The van der Waals surface area contributed by atoms with Gasteiger partial charge in [0.05, 0.1) is 21.3 Å². The van der Waals surface area contributed by atoms with Crippen LogP contribution in [-0.2, 0) is 0 Å². The molecule has 0 aliphatic rings. The number of hydrogen-bond acceptors (Lipinski definition) is 7. The predicted molar refractivity (Wildman–Crippen MR) is 106 cm³/mol. The van der Waals surface area contributed by atoms with Crippen molar-refractivity contribution >= 4 is 33.8 Å². The summed E-state index contributed by atoms with van der Waals surface area (Å²) in [4.78, 5) is 19.1. The van der Waals surface area contributed by atoms with Crippen molar-refractivity contribution in [2.24, 2.45) is 5.10 Å². The van der Waals surface area contributed by atoms with Gasteiger partial charge in [0.15, 0.2) is 0 Å². The minimum absolute atomic E-state index is 0.152. The number of hydrogen-bond donors (Lipinski definition) is 2. The van der Waals surface area contributed by atoms with E-state index >= 15 is 0 Å². The normalized spacial score (nSPS) is 10.9. The number of halogens is 1. The van der Waals surface area contributed by atoms with Gasteiger partial charge in [-0.05, 0) is 28.9 Å². The number of nitro groups is 1. The first-order valence-corrected chi connectivity index (χ1v) is 8.60. The van der Waals surface area contributed by atoms with Gasteiger partial charge in [0.1, 0.15) is 5.75 Å². The molecule has 8 nitrogen and oxygen atoms in total. The lowest BCUT2D eigenvalue weighted by molar-refractivity contribution is -0.385. The van der Waals surface area contributed by atoms with Crippen LogP contribution >= 0.6 is 15.9 Å². The summed E-state index contributed by atoms with van der Waals surface area (Å²) in [6, 6.07) is 13.9. The molecule has 1 heterocycles. The highest BCUT2D eigenvalue weighted by molar-refractivity contribution is 9.10. The molecule has 2 aromatic carbocycles. The lowest BCUT2D eigenvalue weighted by Crippen LogP contribution is -2.00. The Morgan fingerprint density at radius 1 is 1.22 bits per heavy atom. The number of phenols is 1. The Morgan fingerprint density at radius 2 is 1.96 bits per heavy atom. The summed E-state index contributed by atoms with van der Waals surface area (Å²) >= 11 is 3.09. The molecule has 3 aromatic rings. The summed E-state index contributed by atoms with van der Waals surface area (Å²) in [5.74, 6) is 0.121. The van der Waals surface area contributed by atoms with Crippen LogP contribution in [0.5, 0.6) is 5.75 Å². The molecular weight excluding hydrogens is 414 g/mol. The Hall–Kier alpha value is -3.33. The molecule has 0 aliphatic carbocycles. The lowest BCUT2D eigenvalue weighted by Gasteiger charge is -2.06. The van der Waals surface area contributed by atoms with Crippen molar-refractivity contribution in [3.05, 3.63) is 74.4 Å². The SMILES string of the molecule is Cc1cc(-c2ccccc2)nc(NN=Cc2cc([N+](=O)[O-])cc(Br)c2O)n1. The van der Waals surface area contributed by atoms with Crippen LogP contribution in [0.1, 0.15) is 11.3 Å². The molecule has 0 amide bonds. The van der Waals surface area contributed by atoms with E-state index in [0.29, 0.717) is 0 Å². The number of rotatable bonds is 5. The molecule has 0 atom stereocenters. The second-order valence-corrected chi connectivity index (χ2v) is 6.43.